The van der Waals surface area contributed by atoms with Crippen LogP contribution in [-0.4, -0.2) is 33.9 Å². The Morgan fingerprint density at radius 1 is 0.955 bits per heavy atom. The van der Waals surface area contributed by atoms with E-state index in [4.69, 9.17) is 19.4 Å². The van der Waals surface area contributed by atoms with Crippen LogP contribution in [0, 0.1) is 0 Å². The maximum atomic E-state index is 11.1. The Morgan fingerprint density at radius 3 is 1.95 bits per heavy atom. The third kappa shape index (κ3) is 14.4. The minimum atomic E-state index is -5.05. The summed E-state index contributed by atoms with van der Waals surface area (Å²) in [6.07, 6.45) is 5.68. The summed E-state index contributed by atoms with van der Waals surface area (Å²) < 4.78 is 34.3. The van der Waals surface area contributed by atoms with Gasteiger partial charge in [0, 0.05) is 6.08 Å². The SMILES string of the molecule is C=CC(=O)OCCCCCCCCOP(=O)(O)OP(=O)(O)O. The fourth-order valence-corrected chi connectivity index (χ4v) is 3.10. The number of ether oxygens (including phenoxy) is 1. The Balaban J connectivity index is 3.47. The molecule has 130 valence electrons. The zero-order chi connectivity index (χ0) is 17.1. The molecule has 0 aliphatic heterocycles. The number of carbonyl (C=O) groups is 1. The van der Waals surface area contributed by atoms with Gasteiger partial charge in [0.1, 0.15) is 0 Å². The van der Waals surface area contributed by atoms with Gasteiger partial charge in [-0.3, -0.25) is 4.52 Å². The smallest absolute Gasteiger partial charge is 0.463 e. The molecular formula is C11H22O9P2. The van der Waals surface area contributed by atoms with E-state index in [1.807, 2.05) is 0 Å². The summed E-state index contributed by atoms with van der Waals surface area (Å²) in [5.74, 6) is -0.442. The van der Waals surface area contributed by atoms with Gasteiger partial charge >= 0.3 is 21.6 Å². The average Bonchev–Trinajstić information content (AvgIpc) is 2.37. The highest BCUT2D eigenvalue weighted by atomic mass is 31.3. The van der Waals surface area contributed by atoms with E-state index < -0.39 is 21.6 Å². The first-order valence-electron chi connectivity index (χ1n) is 6.70. The summed E-state index contributed by atoms with van der Waals surface area (Å²) in [5.41, 5.74) is 0. The van der Waals surface area contributed by atoms with Crippen molar-refractivity contribution in [2.24, 2.45) is 0 Å². The van der Waals surface area contributed by atoms with Crippen LogP contribution in [0.2, 0.25) is 0 Å². The monoisotopic (exact) mass is 360 g/mol. The number of carbonyl (C=O) groups excluding carboxylic acids is 1. The van der Waals surface area contributed by atoms with Crippen molar-refractivity contribution < 1.29 is 42.2 Å². The van der Waals surface area contributed by atoms with Crippen molar-refractivity contribution in [3.8, 4) is 0 Å². The van der Waals surface area contributed by atoms with Crippen LogP contribution in [0.15, 0.2) is 12.7 Å². The molecule has 1 unspecified atom stereocenters. The highest BCUT2D eigenvalue weighted by Gasteiger charge is 2.31. The third-order valence-electron chi connectivity index (χ3n) is 2.41. The van der Waals surface area contributed by atoms with Gasteiger partial charge in [0.05, 0.1) is 13.2 Å². The van der Waals surface area contributed by atoms with Crippen molar-refractivity contribution in [1.29, 1.82) is 0 Å². The predicted octanol–water partition coefficient (Wildman–Crippen LogP) is 2.28. The fourth-order valence-electron chi connectivity index (χ4n) is 1.48. The molecule has 22 heavy (non-hydrogen) atoms. The van der Waals surface area contributed by atoms with E-state index in [2.05, 4.69) is 15.4 Å². The Morgan fingerprint density at radius 2 is 1.45 bits per heavy atom. The van der Waals surface area contributed by atoms with Gasteiger partial charge in [0.25, 0.3) is 0 Å². The number of hydrogen-bond acceptors (Lipinski definition) is 6. The van der Waals surface area contributed by atoms with Crippen molar-refractivity contribution >= 4 is 21.6 Å². The Kier molecular flexibility index (Phi) is 10.8. The second-order valence-electron chi connectivity index (χ2n) is 4.37. The van der Waals surface area contributed by atoms with E-state index in [0.29, 0.717) is 13.0 Å². The predicted molar refractivity (Wildman–Crippen MR) is 77.8 cm³/mol. The summed E-state index contributed by atoms with van der Waals surface area (Å²) in [6, 6.07) is 0. The summed E-state index contributed by atoms with van der Waals surface area (Å²) in [4.78, 5) is 36.5. The summed E-state index contributed by atoms with van der Waals surface area (Å²) in [6.45, 7) is 3.49. The number of hydrogen-bond donors (Lipinski definition) is 3. The molecule has 3 N–H and O–H groups in total. The molecule has 0 fully saturated rings. The van der Waals surface area contributed by atoms with Crippen molar-refractivity contribution in [1.82, 2.24) is 0 Å². The van der Waals surface area contributed by atoms with E-state index in [1.165, 1.54) is 0 Å². The molecule has 0 bridgehead atoms. The molecule has 0 rings (SSSR count). The van der Waals surface area contributed by atoms with E-state index >= 15 is 0 Å². The zero-order valence-corrected chi connectivity index (χ0v) is 13.9. The fraction of sp³-hybridized carbons (Fsp3) is 0.727. The lowest BCUT2D eigenvalue weighted by molar-refractivity contribution is -0.137. The number of esters is 1. The number of rotatable bonds is 13. The molecular weight excluding hydrogens is 338 g/mol. The molecule has 11 heteroatoms. The minimum absolute atomic E-state index is 0.134. The molecule has 0 aromatic heterocycles. The van der Waals surface area contributed by atoms with Crippen LogP contribution in [0.1, 0.15) is 38.5 Å². The van der Waals surface area contributed by atoms with Crippen LogP contribution < -0.4 is 0 Å². The Labute approximate surface area is 129 Å². The van der Waals surface area contributed by atoms with Crippen LogP contribution in [0.4, 0.5) is 0 Å². The van der Waals surface area contributed by atoms with Crippen LogP contribution in [0.5, 0.6) is 0 Å². The van der Waals surface area contributed by atoms with Crippen LogP contribution in [0.25, 0.3) is 0 Å². The molecule has 0 heterocycles. The molecule has 0 aliphatic rings. The van der Waals surface area contributed by atoms with Gasteiger partial charge < -0.3 is 19.4 Å². The van der Waals surface area contributed by atoms with Gasteiger partial charge in [0.15, 0.2) is 0 Å². The molecule has 0 spiro atoms. The standard InChI is InChI=1S/C11H22O9P2/c1-2-11(12)18-9-7-5-3-4-6-8-10-19-22(16,17)20-21(13,14)15/h2H,1,3-10H2,(H,16,17)(H2,13,14,15). The largest absolute Gasteiger partial charge is 0.481 e. The van der Waals surface area contributed by atoms with Crippen LogP contribution >= 0.6 is 15.6 Å². The van der Waals surface area contributed by atoms with Gasteiger partial charge in [-0.05, 0) is 12.8 Å². The first-order valence-corrected chi connectivity index (χ1v) is 9.72. The molecule has 0 radical (unpaired) electrons. The average molecular weight is 360 g/mol. The topological polar surface area (TPSA) is 140 Å². The number of unbranched alkanes of at least 4 members (excludes halogenated alkanes) is 5. The Hall–Kier alpha value is -0.530. The van der Waals surface area contributed by atoms with Gasteiger partial charge in [0.2, 0.25) is 0 Å². The Bertz CT molecular complexity index is 431. The van der Waals surface area contributed by atoms with E-state index in [1.54, 1.807) is 0 Å². The zero-order valence-electron chi connectivity index (χ0n) is 12.1. The van der Waals surface area contributed by atoms with E-state index in [9.17, 15) is 13.9 Å². The van der Waals surface area contributed by atoms with Crippen molar-refractivity contribution in [3.63, 3.8) is 0 Å². The van der Waals surface area contributed by atoms with Crippen LogP contribution in [0.3, 0.4) is 0 Å². The normalized spacial score (nSPS) is 14.3. The molecule has 9 nitrogen and oxygen atoms in total. The summed E-state index contributed by atoms with van der Waals surface area (Å²) in [7, 11) is -9.77. The van der Waals surface area contributed by atoms with Crippen LogP contribution in [-0.2, 0) is 27.5 Å². The minimum Gasteiger partial charge on any atom is -0.463 e. The van der Waals surface area contributed by atoms with Crippen molar-refractivity contribution in [2.45, 2.75) is 38.5 Å². The maximum absolute atomic E-state index is 11.1. The molecule has 0 saturated carbocycles. The number of phosphoric ester groups is 1. The highest BCUT2D eigenvalue weighted by molar-refractivity contribution is 7.60. The summed E-state index contributed by atoms with van der Waals surface area (Å²) in [5, 5.41) is 0. The molecule has 1 atom stereocenters. The summed E-state index contributed by atoms with van der Waals surface area (Å²) >= 11 is 0. The third-order valence-corrected chi connectivity index (χ3v) is 4.60. The second kappa shape index (κ2) is 11.1. The van der Waals surface area contributed by atoms with Crippen molar-refractivity contribution in [2.75, 3.05) is 13.2 Å². The van der Waals surface area contributed by atoms with E-state index in [-0.39, 0.29) is 6.61 Å². The molecule has 0 aromatic carbocycles. The second-order valence-corrected chi connectivity index (χ2v) is 7.20. The lowest BCUT2D eigenvalue weighted by Crippen LogP contribution is -2.01. The van der Waals surface area contributed by atoms with E-state index in [0.717, 1.165) is 38.2 Å². The molecule has 0 aromatic rings. The lowest BCUT2D eigenvalue weighted by Gasteiger charge is -2.12. The van der Waals surface area contributed by atoms with Gasteiger partial charge in [-0.1, -0.05) is 32.3 Å². The first kappa shape index (κ1) is 21.5. The quantitative estimate of drug-likeness (QED) is 0.195. The van der Waals surface area contributed by atoms with Gasteiger partial charge in [-0.2, -0.15) is 4.31 Å². The van der Waals surface area contributed by atoms with Crippen molar-refractivity contribution in [3.05, 3.63) is 12.7 Å². The molecule has 0 amide bonds. The molecule has 0 saturated heterocycles. The highest BCUT2D eigenvalue weighted by Crippen LogP contribution is 2.57. The number of phosphoric acid groups is 2. The lowest BCUT2D eigenvalue weighted by atomic mass is 10.1. The van der Waals surface area contributed by atoms with Gasteiger partial charge in [-0.25, -0.2) is 13.9 Å². The first-order chi connectivity index (χ1) is 10.2. The molecule has 0 aliphatic carbocycles. The van der Waals surface area contributed by atoms with Gasteiger partial charge in [-0.15, -0.1) is 0 Å². The maximum Gasteiger partial charge on any atom is 0.481 e.